The maximum Gasteiger partial charge on any atom is 0.233 e. The number of nitrogens with zero attached hydrogens (tertiary/aromatic N) is 4. The van der Waals surface area contributed by atoms with Crippen molar-refractivity contribution in [2.45, 2.75) is 31.0 Å². The van der Waals surface area contributed by atoms with Crippen LogP contribution in [0, 0.1) is 0 Å². The van der Waals surface area contributed by atoms with Crippen molar-refractivity contribution >= 4 is 35.0 Å². The monoisotopic (exact) mass is 441 g/mol. The average Bonchev–Trinajstić information content (AvgIpc) is 3.21. The number of rotatable bonds is 7. The SMILES string of the molecule is O=C(CSc1nnc(CNc2ccc(Cl)cc2)n1-c1ccccc1)N1CCCCC1. The summed E-state index contributed by atoms with van der Waals surface area (Å²) in [5, 5.41) is 13.6. The number of aromatic nitrogens is 3. The molecule has 1 N–H and O–H groups in total. The highest BCUT2D eigenvalue weighted by molar-refractivity contribution is 7.99. The third-order valence-corrected chi connectivity index (χ3v) is 6.21. The third-order valence-electron chi connectivity index (χ3n) is 5.04. The van der Waals surface area contributed by atoms with Gasteiger partial charge in [0.2, 0.25) is 5.91 Å². The molecule has 0 aliphatic carbocycles. The largest absolute Gasteiger partial charge is 0.378 e. The van der Waals surface area contributed by atoms with Gasteiger partial charge in [-0.2, -0.15) is 0 Å². The zero-order valence-electron chi connectivity index (χ0n) is 16.6. The summed E-state index contributed by atoms with van der Waals surface area (Å²) in [6, 6.07) is 17.5. The molecular formula is C22H24ClN5OS. The van der Waals surface area contributed by atoms with E-state index in [-0.39, 0.29) is 5.91 Å². The van der Waals surface area contributed by atoms with Crippen molar-refractivity contribution in [1.82, 2.24) is 19.7 Å². The van der Waals surface area contributed by atoms with Gasteiger partial charge < -0.3 is 10.2 Å². The minimum absolute atomic E-state index is 0.170. The van der Waals surface area contributed by atoms with E-state index in [1.54, 1.807) is 0 Å². The van der Waals surface area contributed by atoms with Crippen LogP contribution in [0.3, 0.4) is 0 Å². The van der Waals surface area contributed by atoms with Gasteiger partial charge in [0, 0.05) is 29.5 Å². The van der Waals surface area contributed by atoms with E-state index in [1.165, 1.54) is 18.2 Å². The quantitative estimate of drug-likeness (QED) is 0.541. The van der Waals surface area contributed by atoms with Crippen molar-refractivity contribution in [1.29, 1.82) is 0 Å². The van der Waals surface area contributed by atoms with E-state index in [0.717, 1.165) is 48.3 Å². The minimum atomic E-state index is 0.170. The number of carbonyl (C=O) groups excluding carboxylic acids is 1. The van der Waals surface area contributed by atoms with Crippen molar-refractivity contribution in [3.05, 3.63) is 65.4 Å². The molecule has 1 aliphatic heterocycles. The summed E-state index contributed by atoms with van der Waals surface area (Å²) in [5.74, 6) is 1.32. The molecule has 1 aromatic heterocycles. The van der Waals surface area contributed by atoms with Gasteiger partial charge >= 0.3 is 0 Å². The number of amides is 1. The van der Waals surface area contributed by atoms with Crippen LogP contribution in [0.25, 0.3) is 5.69 Å². The highest BCUT2D eigenvalue weighted by atomic mass is 35.5. The second kappa shape index (κ2) is 10.00. The van der Waals surface area contributed by atoms with Crippen molar-refractivity contribution < 1.29 is 4.79 Å². The Hall–Kier alpha value is -2.51. The van der Waals surface area contributed by atoms with Crippen molar-refractivity contribution in [2.75, 3.05) is 24.2 Å². The van der Waals surface area contributed by atoms with Crippen LogP contribution >= 0.6 is 23.4 Å². The first-order valence-electron chi connectivity index (χ1n) is 10.1. The van der Waals surface area contributed by atoms with E-state index in [4.69, 9.17) is 11.6 Å². The first-order chi connectivity index (χ1) is 14.7. The van der Waals surface area contributed by atoms with Crippen LogP contribution in [-0.4, -0.2) is 44.4 Å². The van der Waals surface area contributed by atoms with Gasteiger partial charge in [-0.05, 0) is 55.7 Å². The lowest BCUT2D eigenvalue weighted by atomic mass is 10.1. The molecular weight excluding hydrogens is 418 g/mol. The molecule has 156 valence electrons. The van der Waals surface area contributed by atoms with Gasteiger partial charge in [-0.1, -0.05) is 41.6 Å². The highest BCUT2D eigenvalue weighted by Crippen LogP contribution is 2.24. The second-order valence-electron chi connectivity index (χ2n) is 7.16. The van der Waals surface area contributed by atoms with E-state index in [0.29, 0.717) is 17.3 Å². The molecule has 3 aromatic rings. The fourth-order valence-corrected chi connectivity index (χ4v) is 4.45. The molecule has 0 spiro atoms. The molecule has 1 amide bonds. The molecule has 0 bridgehead atoms. The first kappa shape index (κ1) is 20.8. The Morgan fingerprint density at radius 1 is 1.00 bits per heavy atom. The topological polar surface area (TPSA) is 63.1 Å². The van der Waals surface area contributed by atoms with Gasteiger partial charge in [-0.3, -0.25) is 9.36 Å². The van der Waals surface area contributed by atoms with Crippen molar-refractivity contribution in [3.8, 4) is 5.69 Å². The van der Waals surface area contributed by atoms with Crippen LogP contribution < -0.4 is 5.32 Å². The lowest BCUT2D eigenvalue weighted by molar-refractivity contribution is -0.129. The van der Waals surface area contributed by atoms with Crippen molar-refractivity contribution in [2.24, 2.45) is 0 Å². The Bertz CT molecular complexity index is 971. The molecule has 6 nitrogen and oxygen atoms in total. The summed E-state index contributed by atoms with van der Waals surface area (Å²) in [7, 11) is 0. The Morgan fingerprint density at radius 2 is 1.73 bits per heavy atom. The molecule has 0 unspecified atom stereocenters. The average molecular weight is 442 g/mol. The van der Waals surface area contributed by atoms with Gasteiger partial charge in [0.1, 0.15) is 0 Å². The van der Waals surface area contributed by atoms with E-state index in [1.807, 2.05) is 64.1 Å². The Labute approximate surface area is 185 Å². The summed E-state index contributed by atoms with van der Waals surface area (Å²) >= 11 is 7.41. The van der Waals surface area contributed by atoms with Gasteiger partial charge in [0.15, 0.2) is 11.0 Å². The summed E-state index contributed by atoms with van der Waals surface area (Å²) in [6.45, 7) is 2.23. The molecule has 0 saturated carbocycles. The molecule has 1 saturated heterocycles. The zero-order valence-corrected chi connectivity index (χ0v) is 18.2. The van der Waals surface area contributed by atoms with Gasteiger partial charge in [0.25, 0.3) is 0 Å². The van der Waals surface area contributed by atoms with Crippen LogP contribution in [-0.2, 0) is 11.3 Å². The number of likely N-dealkylation sites (tertiary alicyclic amines) is 1. The summed E-state index contributed by atoms with van der Waals surface area (Å²) in [6.07, 6.45) is 3.40. The van der Waals surface area contributed by atoms with Crippen LogP contribution in [0.1, 0.15) is 25.1 Å². The fraction of sp³-hybridized carbons (Fsp3) is 0.318. The first-order valence-corrected chi connectivity index (χ1v) is 11.5. The molecule has 0 radical (unpaired) electrons. The number of para-hydroxylation sites is 1. The number of halogens is 1. The molecule has 2 aromatic carbocycles. The number of anilines is 1. The lowest BCUT2D eigenvalue weighted by Crippen LogP contribution is -2.36. The molecule has 0 atom stereocenters. The number of hydrogen-bond donors (Lipinski definition) is 1. The van der Waals surface area contributed by atoms with Gasteiger partial charge in [-0.25, -0.2) is 0 Å². The maximum absolute atomic E-state index is 12.6. The summed E-state index contributed by atoms with van der Waals surface area (Å²) < 4.78 is 2.01. The van der Waals surface area contributed by atoms with Crippen LogP contribution in [0.4, 0.5) is 5.69 Å². The standard InChI is InChI=1S/C22H24ClN5OS/c23-17-9-11-18(12-10-17)24-15-20-25-26-22(28(20)19-7-3-1-4-8-19)30-16-21(29)27-13-5-2-6-14-27/h1,3-4,7-12,24H,2,5-6,13-16H2. The van der Waals surface area contributed by atoms with Crippen LogP contribution in [0.15, 0.2) is 59.8 Å². The van der Waals surface area contributed by atoms with Gasteiger partial charge in [-0.15, -0.1) is 10.2 Å². The molecule has 8 heteroatoms. The normalized spacial score (nSPS) is 14.0. The molecule has 4 rings (SSSR count). The molecule has 1 aliphatic rings. The third kappa shape index (κ3) is 5.15. The Kier molecular flexibility index (Phi) is 6.92. The molecule has 30 heavy (non-hydrogen) atoms. The predicted octanol–water partition coefficient (Wildman–Crippen LogP) is 4.64. The fourth-order valence-electron chi connectivity index (χ4n) is 3.45. The predicted molar refractivity (Wildman–Crippen MR) is 121 cm³/mol. The smallest absolute Gasteiger partial charge is 0.233 e. The zero-order chi connectivity index (χ0) is 20.8. The second-order valence-corrected chi connectivity index (χ2v) is 8.54. The number of carbonyl (C=O) groups is 1. The lowest BCUT2D eigenvalue weighted by Gasteiger charge is -2.26. The van der Waals surface area contributed by atoms with Gasteiger partial charge in [0.05, 0.1) is 12.3 Å². The van der Waals surface area contributed by atoms with Crippen molar-refractivity contribution in [3.63, 3.8) is 0 Å². The maximum atomic E-state index is 12.6. The highest BCUT2D eigenvalue weighted by Gasteiger charge is 2.20. The number of thioether (sulfide) groups is 1. The summed E-state index contributed by atoms with van der Waals surface area (Å²) in [4.78, 5) is 14.5. The van der Waals surface area contributed by atoms with Crippen LogP contribution in [0.2, 0.25) is 5.02 Å². The van der Waals surface area contributed by atoms with E-state index in [2.05, 4.69) is 15.5 Å². The summed E-state index contributed by atoms with van der Waals surface area (Å²) in [5.41, 5.74) is 1.93. The van der Waals surface area contributed by atoms with E-state index < -0.39 is 0 Å². The van der Waals surface area contributed by atoms with Crippen LogP contribution in [0.5, 0.6) is 0 Å². The molecule has 2 heterocycles. The van der Waals surface area contributed by atoms with E-state index in [9.17, 15) is 4.79 Å². The molecule has 1 fully saturated rings. The number of nitrogens with one attached hydrogen (secondary N) is 1. The Balaban J connectivity index is 1.50. The number of piperidine rings is 1. The number of benzene rings is 2. The minimum Gasteiger partial charge on any atom is -0.378 e. The number of hydrogen-bond acceptors (Lipinski definition) is 5. The van der Waals surface area contributed by atoms with E-state index >= 15 is 0 Å². The Morgan fingerprint density at radius 3 is 2.47 bits per heavy atom.